The number of carbonyl (C=O) groups is 2. The van der Waals surface area contributed by atoms with Gasteiger partial charge in [0.2, 0.25) is 9.84 Å². The number of sulfone groups is 1. The summed E-state index contributed by atoms with van der Waals surface area (Å²) in [7, 11) is -4.41. The number of Topliss-reactive ketones (excluding diaryl/α,β-unsaturated/α-hetero) is 2. The maximum atomic E-state index is 16.6. The summed E-state index contributed by atoms with van der Waals surface area (Å²) >= 11 is 0. The molecule has 0 saturated carbocycles. The van der Waals surface area contributed by atoms with Gasteiger partial charge in [-0.15, -0.1) is 0 Å². The second-order valence-electron chi connectivity index (χ2n) is 23.4. The zero-order valence-electron chi connectivity index (χ0n) is 51.1. The minimum absolute atomic E-state index is 0.00690. The van der Waals surface area contributed by atoms with Gasteiger partial charge in [0.25, 0.3) is 0 Å². The van der Waals surface area contributed by atoms with Crippen LogP contribution in [0.4, 0.5) is 0 Å². The lowest BCUT2D eigenvalue weighted by atomic mass is 9.72. The molecule has 6 rings (SSSR count). The van der Waals surface area contributed by atoms with Crippen molar-refractivity contribution in [2.45, 2.75) is 130 Å². The van der Waals surface area contributed by atoms with E-state index in [-0.39, 0.29) is 91.0 Å². The number of benzene rings is 6. The Morgan fingerprint density at radius 2 is 0.687 bits per heavy atom. The third-order valence-electron chi connectivity index (χ3n) is 13.0. The van der Waals surface area contributed by atoms with Gasteiger partial charge in [0.05, 0.1) is 52.8 Å². The predicted molar refractivity (Wildman–Crippen MR) is 324 cm³/mol. The van der Waals surface area contributed by atoms with Crippen LogP contribution in [-0.2, 0) is 20.7 Å². The van der Waals surface area contributed by atoms with E-state index in [1.54, 1.807) is 72.8 Å². The quantitative estimate of drug-likeness (QED) is 0.0334. The molecule has 0 fully saturated rings. The van der Waals surface area contributed by atoms with Crippen molar-refractivity contribution >= 4 is 38.6 Å². The number of ketones is 2. The van der Waals surface area contributed by atoms with Crippen LogP contribution in [0.1, 0.15) is 142 Å². The van der Waals surface area contributed by atoms with Crippen molar-refractivity contribution in [3.63, 3.8) is 0 Å². The van der Waals surface area contributed by atoms with Gasteiger partial charge in [0.15, 0.2) is 34.6 Å². The lowest BCUT2D eigenvalue weighted by Crippen LogP contribution is -2.25. The summed E-state index contributed by atoms with van der Waals surface area (Å²) in [4.78, 5) is 25.9. The fourth-order valence-electron chi connectivity index (χ4n) is 9.91. The number of methoxy groups -OCH3 is 4. The van der Waals surface area contributed by atoms with Crippen LogP contribution in [-0.4, -0.2) is 61.6 Å². The summed E-state index contributed by atoms with van der Waals surface area (Å²) in [5.74, 6) is 1.55. The first kappa shape index (κ1) is 65.2. The van der Waals surface area contributed by atoms with E-state index in [1.165, 1.54) is 66.6 Å². The largest absolute Gasteiger partial charge is 0.530 e. The van der Waals surface area contributed by atoms with Crippen LogP contribution < -0.4 is 55.6 Å². The Kier molecular flexibility index (Phi) is 21.4. The molecular weight excluding hydrogens is 1120 g/mol. The van der Waals surface area contributed by atoms with Gasteiger partial charge in [-0.05, 0) is 146 Å². The molecular formula is C64H80O16P2S. The molecule has 0 saturated heterocycles. The summed E-state index contributed by atoms with van der Waals surface area (Å²) in [5.41, 5.74) is 0.0843. The van der Waals surface area contributed by atoms with E-state index < -0.39 is 37.9 Å². The first-order valence-electron chi connectivity index (χ1n) is 27.2. The van der Waals surface area contributed by atoms with Crippen molar-refractivity contribution in [3.05, 3.63) is 131 Å². The highest BCUT2D eigenvalue weighted by Gasteiger charge is 2.38. The first-order chi connectivity index (χ1) is 38.9. The van der Waals surface area contributed by atoms with Crippen LogP contribution in [0.5, 0.6) is 69.0 Å². The zero-order valence-corrected chi connectivity index (χ0v) is 53.7. The standard InChI is InChI=1S/C64H80O16P2S/c1-19-73-51-31-25-47(71-17)37-57(51)79-82(80-58-38-48(72-18)26-32-52(58)74-20-2)76-54-30-22-44(64(13,14)40-62(8,9)10)34-60(54)83(67,68)59-33-43(63(11,12)39-61(5,6)7)21-29-53(59)75-81(77-55-35-45(69-15)23-27-49(55)41(3)65)78-56-36-46(70-16)24-28-50(56)42(4)66/h21-38H,19-20,39-40H2,1-18H3. The highest BCUT2D eigenvalue weighted by molar-refractivity contribution is 7.91. The molecule has 0 aliphatic heterocycles. The molecule has 0 N–H and O–H groups in total. The second-order valence-corrected chi connectivity index (χ2v) is 27.3. The van der Waals surface area contributed by atoms with Crippen LogP contribution in [0.2, 0.25) is 0 Å². The molecule has 0 spiro atoms. The van der Waals surface area contributed by atoms with E-state index in [4.69, 9.17) is 55.6 Å². The van der Waals surface area contributed by atoms with Crippen molar-refractivity contribution in [3.8, 4) is 69.0 Å². The average molecular weight is 1200 g/mol. The molecule has 448 valence electrons. The fourth-order valence-corrected chi connectivity index (χ4v) is 13.7. The Labute approximate surface area is 493 Å². The molecule has 0 atom stereocenters. The van der Waals surface area contributed by atoms with Crippen LogP contribution in [0.25, 0.3) is 0 Å². The Morgan fingerprint density at radius 1 is 0.398 bits per heavy atom. The second kappa shape index (κ2) is 27.2. The molecule has 0 heterocycles. The van der Waals surface area contributed by atoms with E-state index >= 15 is 8.42 Å². The zero-order chi connectivity index (χ0) is 61.2. The van der Waals surface area contributed by atoms with E-state index in [0.717, 1.165) is 0 Å². The summed E-state index contributed by atoms with van der Waals surface area (Å²) < 4.78 is 108. The molecule has 0 aliphatic rings. The molecule has 0 radical (unpaired) electrons. The maximum Gasteiger partial charge on any atom is 0.530 e. The fraction of sp³-hybridized carbons (Fsp3) is 0.406. The monoisotopic (exact) mass is 1200 g/mol. The van der Waals surface area contributed by atoms with Gasteiger partial charge < -0.3 is 55.6 Å². The Balaban J connectivity index is 1.67. The van der Waals surface area contributed by atoms with Gasteiger partial charge in [-0.2, -0.15) is 0 Å². The topological polar surface area (TPSA) is 179 Å². The maximum absolute atomic E-state index is 16.6. The van der Waals surface area contributed by atoms with Gasteiger partial charge in [-0.1, -0.05) is 81.4 Å². The number of carbonyl (C=O) groups excluding carboxylic acids is 2. The molecule has 0 unspecified atom stereocenters. The molecule has 0 aliphatic carbocycles. The molecule has 0 aromatic heterocycles. The Bertz CT molecular complexity index is 3240. The molecule has 0 bridgehead atoms. The Morgan fingerprint density at radius 3 is 0.988 bits per heavy atom. The first-order valence-corrected chi connectivity index (χ1v) is 30.8. The average Bonchev–Trinajstić information content (AvgIpc) is 3.51. The molecule has 0 amide bonds. The van der Waals surface area contributed by atoms with Crippen molar-refractivity contribution < 1.29 is 73.6 Å². The molecule has 6 aromatic rings. The number of hydrogen-bond donors (Lipinski definition) is 0. The minimum Gasteiger partial charge on any atom is -0.497 e. The van der Waals surface area contributed by atoms with E-state index in [0.29, 0.717) is 58.5 Å². The van der Waals surface area contributed by atoms with Crippen LogP contribution >= 0.6 is 17.2 Å². The van der Waals surface area contributed by atoms with Gasteiger partial charge >= 0.3 is 17.2 Å². The summed E-state index contributed by atoms with van der Waals surface area (Å²) in [6.07, 6.45) is 1.31. The van der Waals surface area contributed by atoms with Gasteiger partial charge in [-0.25, -0.2) is 8.42 Å². The Hall–Kier alpha value is -6.93. The highest BCUT2D eigenvalue weighted by atomic mass is 32.2. The summed E-state index contributed by atoms with van der Waals surface area (Å²) in [5, 5.41) is 0. The number of rotatable bonds is 28. The molecule has 19 heteroatoms. The molecule has 83 heavy (non-hydrogen) atoms. The van der Waals surface area contributed by atoms with Crippen LogP contribution in [0.3, 0.4) is 0 Å². The summed E-state index contributed by atoms with van der Waals surface area (Å²) in [6.45, 7) is 28.0. The van der Waals surface area contributed by atoms with Crippen molar-refractivity contribution in [1.82, 2.24) is 0 Å². The number of hydrogen-bond acceptors (Lipinski definition) is 16. The third kappa shape index (κ3) is 17.1. The number of ether oxygens (including phenoxy) is 6. The summed E-state index contributed by atoms with van der Waals surface area (Å²) in [6, 6.07) is 29.3. The van der Waals surface area contributed by atoms with Crippen molar-refractivity contribution in [1.29, 1.82) is 0 Å². The molecule has 16 nitrogen and oxygen atoms in total. The minimum atomic E-state index is -4.84. The van der Waals surface area contributed by atoms with Gasteiger partial charge in [0.1, 0.15) is 55.8 Å². The highest BCUT2D eigenvalue weighted by Crippen LogP contribution is 2.53. The van der Waals surface area contributed by atoms with Crippen molar-refractivity contribution in [2.24, 2.45) is 10.8 Å². The third-order valence-corrected chi connectivity index (χ3v) is 16.9. The molecule has 6 aromatic carbocycles. The van der Waals surface area contributed by atoms with Crippen LogP contribution in [0.15, 0.2) is 119 Å². The van der Waals surface area contributed by atoms with E-state index in [1.807, 2.05) is 26.0 Å². The van der Waals surface area contributed by atoms with Crippen LogP contribution in [0, 0.1) is 10.8 Å². The van der Waals surface area contributed by atoms with Gasteiger partial charge in [-0.3, -0.25) is 9.59 Å². The van der Waals surface area contributed by atoms with Crippen molar-refractivity contribution in [2.75, 3.05) is 41.7 Å². The SMILES string of the molecule is CCOc1ccc(OC)cc1OP(Oc1cc(OC)ccc1OCC)Oc1ccc(C(C)(C)CC(C)(C)C)cc1S(=O)(=O)c1cc(C(C)(C)CC(C)(C)C)ccc1OP(Oc1cc(OC)ccc1C(C)=O)Oc1cc(OC)ccc1C(C)=O. The lowest BCUT2D eigenvalue weighted by molar-refractivity contribution is 0.100. The lowest BCUT2D eigenvalue weighted by Gasteiger charge is -2.34. The smallest absolute Gasteiger partial charge is 0.497 e. The van der Waals surface area contributed by atoms with E-state index in [9.17, 15) is 9.59 Å². The van der Waals surface area contributed by atoms with Gasteiger partial charge in [0, 0.05) is 24.3 Å². The van der Waals surface area contributed by atoms with E-state index in [2.05, 4.69) is 69.2 Å². The predicted octanol–water partition coefficient (Wildman–Crippen LogP) is 16.7. The normalized spacial score (nSPS) is 12.1.